The summed E-state index contributed by atoms with van der Waals surface area (Å²) in [4.78, 5) is 25.6. The molecule has 0 bridgehead atoms. The van der Waals surface area contributed by atoms with E-state index in [9.17, 15) is 14.0 Å². The average Bonchev–Trinajstić information content (AvgIpc) is 3.37. The van der Waals surface area contributed by atoms with Gasteiger partial charge in [0.15, 0.2) is 0 Å². The first kappa shape index (κ1) is 26.1. The smallest absolute Gasteiger partial charge is 0.252 e. The van der Waals surface area contributed by atoms with Gasteiger partial charge in [0.1, 0.15) is 10.2 Å². The highest BCUT2D eigenvalue weighted by molar-refractivity contribution is 6.53. The van der Waals surface area contributed by atoms with Crippen molar-refractivity contribution in [1.29, 1.82) is 0 Å². The second-order valence-electron chi connectivity index (χ2n) is 8.15. The van der Waals surface area contributed by atoms with Gasteiger partial charge in [0.25, 0.3) is 5.91 Å². The van der Waals surface area contributed by atoms with E-state index in [1.165, 1.54) is 24.3 Å². The average molecular weight is 575 g/mol. The van der Waals surface area contributed by atoms with Crippen molar-refractivity contribution in [3.05, 3.63) is 98.2 Å². The van der Waals surface area contributed by atoms with Gasteiger partial charge >= 0.3 is 0 Å². The van der Waals surface area contributed by atoms with E-state index in [4.69, 9.17) is 58.0 Å². The molecule has 182 valence electrons. The summed E-state index contributed by atoms with van der Waals surface area (Å²) < 4.78 is 11.7. The van der Waals surface area contributed by atoms with Crippen LogP contribution in [0.5, 0.6) is 0 Å². The minimum Gasteiger partial charge on any atom is -0.352 e. The lowest BCUT2D eigenvalue weighted by Crippen LogP contribution is -2.26. The Hall–Kier alpha value is -2.02. The monoisotopic (exact) mass is 572 g/mol. The number of carbonyl (C=O) groups excluding carboxylic acids is 2. The van der Waals surface area contributed by atoms with Gasteiger partial charge in [0.2, 0.25) is 5.91 Å². The molecule has 2 unspecified atom stereocenters. The maximum absolute atomic E-state index is 13.0. The SMILES string of the molecule is O=C(NCCc1ccc(F)cc1)c1cc(NC(=O)C2C(c3cc(Cl)cc(Cl)c3)C2(Cl)Cl)ccc1Cl. The molecule has 3 aromatic carbocycles. The predicted octanol–water partition coefficient (Wildman–Crippen LogP) is 7.28. The van der Waals surface area contributed by atoms with Gasteiger partial charge in [-0.2, -0.15) is 0 Å². The Morgan fingerprint density at radius 3 is 2.23 bits per heavy atom. The standard InChI is InChI=1S/C25H18Cl5FN2O2/c26-15-9-14(10-16(27)11-15)21-22(25(21,29)30)24(35)33-18-5-6-20(28)19(12-18)23(34)32-8-7-13-1-3-17(31)4-2-13/h1-6,9-12,21-22H,7-8H2,(H,32,34)(H,33,35). The molecule has 2 atom stereocenters. The van der Waals surface area contributed by atoms with E-state index in [0.717, 1.165) is 5.56 Å². The second kappa shape index (κ2) is 10.5. The lowest BCUT2D eigenvalue weighted by Gasteiger charge is -2.10. The summed E-state index contributed by atoms with van der Waals surface area (Å²) in [7, 11) is 0. The van der Waals surface area contributed by atoms with Gasteiger partial charge in [-0.1, -0.05) is 46.9 Å². The quantitative estimate of drug-likeness (QED) is 0.291. The molecule has 0 radical (unpaired) electrons. The Labute approximate surface area is 226 Å². The summed E-state index contributed by atoms with van der Waals surface area (Å²) in [6.45, 7) is 0.324. The third-order valence-corrected chi connectivity index (χ3v) is 7.38. The van der Waals surface area contributed by atoms with Gasteiger partial charge < -0.3 is 10.6 Å². The fourth-order valence-corrected chi connectivity index (χ4v) is 5.46. The molecular weight excluding hydrogens is 557 g/mol. The summed E-state index contributed by atoms with van der Waals surface area (Å²) in [5, 5.41) is 6.57. The first-order valence-electron chi connectivity index (χ1n) is 10.5. The number of benzene rings is 3. The van der Waals surface area contributed by atoms with Crippen LogP contribution >= 0.6 is 58.0 Å². The van der Waals surface area contributed by atoms with Crippen molar-refractivity contribution in [3.8, 4) is 0 Å². The Balaban J connectivity index is 1.41. The van der Waals surface area contributed by atoms with Crippen molar-refractivity contribution in [3.63, 3.8) is 0 Å². The molecule has 2 amide bonds. The van der Waals surface area contributed by atoms with Crippen LogP contribution in [0.25, 0.3) is 0 Å². The zero-order valence-electron chi connectivity index (χ0n) is 17.9. The summed E-state index contributed by atoms with van der Waals surface area (Å²) in [6.07, 6.45) is 0.518. The molecule has 4 rings (SSSR count). The molecule has 0 spiro atoms. The van der Waals surface area contributed by atoms with Crippen LogP contribution in [0, 0.1) is 11.7 Å². The topological polar surface area (TPSA) is 58.2 Å². The Kier molecular flexibility index (Phi) is 7.84. The van der Waals surface area contributed by atoms with Crippen LogP contribution in [-0.2, 0) is 11.2 Å². The molecule has 1 fully saturated rings. The summed E-state index contributed by atoms with van der Waals surface area (Å²) in [6, 6.07) is 15.5. The molecule has 35 heavy (non-hydrogen) atoms. The van der Waals surface area contributed by atoms with Gasteiger partial charge in [-0.3, -0.25) is 9.59 Å². The fourth-order valence-electron chi connectivity index (χ4n) is 3.89. The van der Waals surface area contributed by atoms with Crippen LogP contribution in [0.1, 0.15) is 27.4 Å². The van der Waals surface area contributed by atoms with Crippen molar-refractivity contribution in [2.45, 2.75) is 16.7 Å². The Bertz CT molecular complexity index is 1260. The minimum absolute atomic E-state index is 0.195. The van der Waals surface area contributed by atoms with Crippen LogP contribution in [0.3, 0.4) is 0 Å². The highest BCUT2D eigenvalue weighted by Gasteiger charge is 2.67. The largest absolute Gasteiger partial charge is 0.352 e. The van der Waals surface area contributed by atoms with Crippen LogP contribution in [0.2, 0.25) is 15.1 Å². The zero-order valence-corrected chi connectivity index (χ0v) is 21.7. The summed E-state index contributed by atoms with van der Waals surface area (Å²) in [5.41, 5.74) is 2.09. The number of hydrogen-bond donors (Lipinski definition) is 2. The number of halogens is 6. The third kappa shape index (κ3) is 6.04. The second-order valence-corrected chi connectivity index (χ2v) is 10.9. The first-order chi connectivity index (χ1) is 16.6. The Morgan fingerprint density at radius 2 is 1.57 bits per heavy atom. The third-order valence-electron chi connectivity index (χ3n) is 5.67. The van der Waals surface area contributed by atoms with E-state index in [-0.39, 0.29) is 16.4 Å². The van der Waals surface area contributed by atoms with Gasteiger partial charge in [0, 0.05) is 28.2 Å². The van der Waals surface area contributed by atoms with Crippen molar-refractivity contribution in [1.82, 2.24) is 5.32 Å². The maximum Gasteiger partial charge on any atom is 0.252 e. The predicted molar refractivity (Wildman–Crippen MR) is 140 cm³/mol. The maximum atomic E-state index is 13.0. The molecular formula is C25H18Cl5FN2O2. The van der Waals surface area contributed by atoms with Crippen molar-refractivity contribution in [2.24, 2.45) is 5.92 Å². The van der Waals surface area contributed by atoms with Gasteiger partial charge in [-0.05, 0) is 66.1 Å². The number of carbonyl (C=O) groups is 2. The lowest BCUT2D eigenvalue weighted by atomic mass is 10.1. The van der Waals surface area contributed by atoms with Crippen LogP contribution in [-0.4, -0.2) is 22.7 Å². The summed E-state index contributed by atoms with van der Waals surface area (Å²) in [5.74, 6) is -2.39. The molecule has 1 aliphatic rings. The normalized spacial score (nSPS) is 18.1. The first-order valence-corrected chi connectivity index (χ1v) is 12.4. The van der Waals surface area contributed by atoms with Crippen LogP contribution in [0.15, 0.2) is 60.7 Å². The number of anilines is 1. The lowest BCUT2D eigenvalue weighted by molar-refractivity contribution is -0.117. The number of nitrogens with one attached hydrogen (secondary N) is 2. The molecule has 0 saturated heterocycles. The van der Waals surface area contributed by atoms with Gasteiger partial charge in [-0.15, -0.1) is 23.2 Å². The molecule has 10 heteroatoms. The van der Waals surface area contributed by atoms with E-state index in [1.54, 1.807) is 36.4 Å². The number of rotatable bonds is 7. The highest BCUT2D eigenvalue weighted by Crippen LogP contribution is 2.65. The highest BCUT2D eigenvalue weighted by atomic mass is 35.5. The van der Waals surface area contributed by atoms with E-state index in [0.29, 0.717) is 34.3 Å². The number of hydrogen-bond acceptors (Lipinski definition) is 2. The van der Waals surface area contributed by atoms with E-state index in [2.05, 4.69) is 10.6 Å². The molecule has 1 saturated carbocycles. The molecule has 3 aromatic rings. The van der Waals surface area contributed by atoms with E-state index < -0.39 is 28.0 Å². The number of amides is 2. The molecule has 1 aliphatic carbocycles. The molecule has 0 aliphatic heterocycles. The molecule has 0 aromatic heterocycles. The van der Waals surface area contributed by atoms with Crippen molar-refractivity contribution < 1.29 is 14.0 Å². The van der Waals surface area contributed by atoms with Gasteiger partial charge in [-0.25, -0.2) is 4.39 Å². The van der Waals surface area contributed by atoms with Crippen LogP contribution < -0.4 is 10.6 Å². The molecule has 4 nitrogen and oxygen atoms in total. The van der Waals surface area contributed by atoms with Crippen molar-refractivity contribution in [2.75, 3.05) is 11.9 Å². The van der Waals surface area contributed by atoms with E-state index in [1.807, 2.05) is 0 Å². The fraction of sp³-hybridized carbons (Fsp3) is 0.200. The van der Waals surface area contributed by atoms with E-state index >= 15 is 0 Å². The van der Waals surface area contributed by atoms with Crippen molar-refractivity contribution >= 4 is 75.5 Å². The molecule has 2 N–H and O–H groups in total. The van der Waals surface area contributed by atoms with Gasteiger partial charge in [0.05, 0.1) is 16.5 Å². The molecule has 0 heterocycles. The minimum atomic E-state index is -1.33. The number of alkyl halides is 2. The zero-order chi connectivity index (χ0) is 25.3. The van der Waals surface area contributed by atoms with Crippen LogP contribution in [0.4, 0.5) is 10.1 Å². The Morgan fingerprint density at radius 1 is 0.914 bits per heavy atom. The summed E-state index contributed by atoms with van der Waals surface area (Å²) >= 11 is 31.2.